The summed E-state index contributed by atoms with van der Waals surface area (Å²) in [5, 5.41) is 18.6. The van der Waals surface area contributed by atoms with E-state index in [0.29, 0.717) is 35.6 Å². The largest absolute Gasteiger partial charge is 0.393 e. The number of pyridine rings is 1. The molecular formula is C26H30BrN7O2. The molecule has 0 radical (unpaired) electrons. The first kappa shape index (κ1) is 24.6. The first-order valence-electron chi connectivity index (χ1n) is 12.2. The summed E-state index contributed by atoms with van der Waals surface area (Å²) in [5.74, 6) is 0.504. The van der Waals surface area contributed by atoms with Gasteiger partial charge in [-0.25, -0.2) is 4.98 Å². The molecule has 0 saturated carbocycles. The fourth-order valence-electron chi connectivity index (χ4n) is 4.72. The molecule has 1 aromatic carbocycles. The van der Waals surface area contributed by atoms with Crippen LogP contribution in [0.3, 0.4) is 0 Å². The van der Waals surface area contributed by atoms with Gasteiger partial charge >= 0.3 is 0 Å². The zero-order chi connectivity index (χ0) is 25.4. The molecule has 188 valence electrons. The molecule has 0 aliphatic carbocycles. The van der Waals surface area contributed by atoms with E-state index in [1.807, 2.05) is 17.2 Å². The Morgan fingerprint density at radius 3 is 2.81 bits per heavy atom. The first-order chi connectivity index (χ1) is 17.3. The quantitative estimate of drug-likeness (QED) is 0.335. The summed E-state index contributed by atoms with van der Waals surface area (Å²) in [5.41, 5.74) is 11.8. The van der Waals surface area contributed by atoms with E-state index in [2.05, 4.69) is 56.5 Å². The third-order valence-corrected chi connectivity index (χ3v) is 7.58. The lowest BCUT2D eigenvalue weighted by Crippen LogP contribution is -2.45. The molecule has 9 nitrogen and oxygen atoms in total. The molecule has 10 heteroatoms. The summed E-state index contributed by atoms with van der Waals surface area (Å²) in [7, 11) is 0. The number of fused-ring (bicyclic) bond motifs is 2. The summed E-state index contributed by atoms with van der Waals surface area (Å²) in [6, 6.07) is 8.57. The average molecular weight is 552 g/mol. The van der Waals surface area contributed by atoms with E-state index >= 15 is 0 Å². The number of nitrogens with zero attached hydrogens (tertiary/aromatic N) is 5. The van der Waals surface area contributed by atoms with Crippen LogP contribution in [0, 0.1) is 6.92 Å². The second-order valence-corrected chi connectivity index (χ2v) is 10.4. The Morgan fingerprint density at radius 1 is 1.28 bits per heavy atom. The lowest BCUT2D eigenvalue weighted by atomic mass is 10.0. The van der Waals surface area contributed by atoms with Crippen molar-refractivity contribution in [1.29, 1.82) is 0 Å². The zero-order valence-electron chi connectivity index (χ0n) is 20.4. The molecule has 0 spiro atoms. The number of nitrogens with one attached hydrogen (secondary N) is 1. The van der Waals surface area contributed by atoms with Crippen LogP contribution in [0.15, 0.2) is 41.1 Å². The highest BCUT2D eigenvalue weighted by Gasteiger charge is 2.24. The highest BCUT2D eigenvalue weighted by molar-refractivity contribution is 9.10. The predicted molar refractivity (Wildman–Crippen MR) is 143 cm³/mol. The summed E-state index contributed by atoms with van der Waals surface area (Å²) in [6.07, 6.45) is 4.89. The van der Waals surface area contributed by atoms with E-state index in [9.17, 15) is 9.90 Å². The van der Waals surface area contributed by atoms with Crippen molar-refractivity contribution in [3.05, 3.63) is 52.4 Å². The smallest absolute Gasteiger partial charge is 0.225 e. The van der Waals surface area contributed by atoms with Gasteiger partial charge in [-0.15, -0.1) is 0 Å². The van der Waals surface area contributed by atoms with Crippen molar-refractivity contribution in [2.75, 3.05) is 18.8 Å². The van der Waals surface area contributed by atoms with Gasteiger partial charge in [0.05, 0.1) is 34.4 Å². The van der Waals surface area contributed by atoms with E-state index in [1.54, 1.807) is 17.6 Å². The number of hydrogen-bond donors (Lipinski definition) is 3. The van der Waals surface area contributed by atoms with Crippen LogP contribution < -0.4 is 11.1 Å². The van der Waals surface area contributed by atoms with Gasteiger partial charge in [0.2, 0.25) is 5.91 Å². The lowest BCUT2D eigenvalue weighted by molar-refractivity contribution is -0.134. The van der Waals surface area contributed by atoms with Crippen LogP contribution in [0.1, 0.15) is 37.4 Å². The standard InChI is InChI=1S/C26H30BrN7O2/c1-15-3-4-21-17(9-15)11-18(12-30-21)20-13-31-34-25(28)24(27)22(32-26(20)34)14-29-19-5-7-33(8-6-19)23(36)10-16(2)35/h3-4,9,11-13,16,19,29,35H,5-8,10,14,28H2,1-2H3/t16-/m0/s1. The molecule has 1 aliphatic rings. The highest BCUT2D eigenvalue weighted by atomic mass is 79.9. The number of likely N-dealkylation sites (tertiary alicyclic amines) is 1. The molecule has 1 atom stereocenters. The Hall–Kier alpha value is -3.08. The number of carbonyl (C=O) groups is 1. The van der Waals surface area contributed by atoms with Crippen LogP contribution in [-0.2, 0) is 11.3 Å². The lowest BCUT2D eigenvalue weighted by Gasteiger charge is -2.33. The number of anilines is 1. The normalized spacial score (nSPS) is 15.6. The molecule has 4 N–H and O–H groups in total. The number of nitrogen functional groups attached to an aromatic ring is 1. The highest BCUT2D eigenvalue weighted by Crippen LogP contribution is 2.31. The van der Waals surface area contributed by atoms with Crippen LogP contribution in [0.2, 0.25) is 0 Å². The predicted octanol–water partition coefficient (Wildman–Crippen LogP) is 3.45. The van der Waals surface area contributed by atoms with Crippen molar-refractivity contribution in [2.45, 2.75) is 51.8 Å². The van der Waals surface area contributed by atoms with Crippen molar-refractivity contribution in [3.63, 3.8) is 0 Å². The molecule has 5 rings (SSSR count). The van der Waals surface area contributed by atoms with Crippen molar-refractivity contribution in [1.82, 2.24) is 29.8 Å². The van der Waals surface area contributed by atoms with Gasteiger partial charge < -0.3 is 21.1 Å². The van der Waals surface area contributed by atoms with E-state index < -0.39 is 6.10 Å². The van der Waals surface area contributed by atoms with Gasteiger partial charge in [0, 0.05) is 48.4 Å². The number of hydrogen-bond acceptors (Lipinski definition) is 7. The molecule has 0 unspecified atom stereocenters. The number of aliphatic hydroxyl groups excluding tert-OH is 1. The van der Waals surface area contributed by atoms with Crippen LogP contribution >= 0.6 is 15.9 Å². The zero-order valence-corrected chi connectivity index (χ0v) is 22.0. The molecule has 1 amide bonds. The topological polar surface area (TPSA) is 122 Å². The van der Waals surface area contributed by atoms with Gasteiger partial charge in [-0.3, -0.25) is 9.78 Å². The Kier molecular flexibility index (Phi) is 6.92. The summed E-state index contributed by atoms with van der Waals surface area (Å²) < 4.78 is 2.37. The molecular weight excluding hydrogens is 522 g/mol. The minimum Gasteiger partial charge on any atom is -0.393 e. The molecule has 0 bridgehead atoms. The van der Waals surface area contributed by atoms with E-state index in [4.69, 9.17) is 10.7 Å². The number of aliphatic hydroxyl groups is 1. The third kappa shape index (κ3) is 4.93. The SMILES string of the molecule is Cc1ccc2ncc(-c3cnn4c(N)c(Br)c(CNC5CCN(C(=O)C[C@H](C)O)CC5)nc34)cc2c1. The van der Waals surface area contributed by atoms with Crippen molar-refractivity contribution in [3.8, 4) is 11.1 Å². The second-order valence-electron chi connectivity index (χ2n) is 9.56. The molecule has 36 heavy (non-hydrogen) atoms. The third-order valence-electron chi connectivity index (χ3n) is 6.71. The molecule has 4 heterocycles. The average Bonchev–Trinajstić information content (AvgIpc) is 3.28. The fraction of sp³-hybridized carbons (Fsp3) is 0.385. The van der Waals surface area contributed by atoms with E-state index in [-0.39, 0.29) is 18.4 Å². The maximum absolute atomic E-state index is 12.2. The van der Waals surface area contributed by atoms with Crippen LogP contribution in [-0.4, -0.2) is 60.7 Å². The number of aryl methyl sites for hydroxylation is 1. The van der Waals surface area contributed by atoms with Crippen molar-refractivity contribution in [2.24, 2.45) is 0 Å². The minimum absolute atomic E-state index is 0.0117. The number of nitrogens with two attached hydrogens (primary N) is 1. The van der Waals surface area contributed by atoms with Gasteiger partial charge in [0.1, 0.15) is 5.82 Å². The van der Waals surface area contributed by atoms with E-state index in [1.165, 1.54) is 5.56 Å². The number of piperidine rings is 1. The summed E-state index contributed by atoms with van der Waals surface area (Å²) in [6.45, 7) is 5.61. The Balaban J connectivity index is 1.35. The van der Waals surface area contributed by atoms with Crippen LogP contribution in [0.25, 0.3) is 27.7 Å². The van der Waals surface area contributed by atoms with Gasteiger partial charge in [-0.1, -0.05) is 11.6 Å². The molecule has 1 saturated heterocycles. The van der Waals surface area contributed by atoms with Gasteiger partial charge in [0.15, 0.2) is 5.65 Å². The second kappa shape index (κ2) is 10.1. The maximum Gasteiger partial charge on any atom is 0.225 e. The monoisotopic (exact) mass is 551 g/mol. The minimum atomic E-state index is -0.611. The number of benzene rings is 1. The molecule has 3 aromatic heterocycles. The number of amides is 1. The van der Waals surface area contributed by atoms with Gasteiger partial charge in [-0.2, -0.15) is 9.61 Å². The van der Waals surface area contributed by atoms with Gasteiger partial charge in [-0.05, 0) is 60.8 Å². The first-order valence-corrected chi connectivity index (χ1v) is 13.0. The maximum atomic E-state index is 12.2. The number of aromatic nitrogens is 4. The van der Waals surface area contributed by atoms with Crippen LogP contribution in [0.5, 0.6) is 0 Å². The molecule has 1 aliphatic heterocycles. The van der Waals surface area contributed by atoms with Gasteiger partial charge in [0.25, 0.3) is 0 Å². The Morgan fingerprint density at radius 2 is 2.06 bits per heavy atom. The number of carbonyl (C=O) groups excluding carboxylic acids is 1. The Labute approximate surface area is 217 Å². The molecule has 1 fully saturated rings. The molecule has 4 aromatic rings. The van der Waals surface area contributed by atoms with E-state index in [0.717, 1.165) is 40.6 Å². The number of halogens is 1. The number of rotatable bonds is 6. The fourth-order valence-corrected chi connectivity index (χ4v) is 5.12. The van der Waals surface area contributed by atoms with Crippen LogP contribution in [0.4, 0.5) is 5.82 Å². The summed E-state index contributed by atoms with van der Waals surface area (Å²) in [4.78, 5) is 23.6. The Bertz CT molecular complexity index is 1430. The summed E-state index contributed by atoms with van der Waals surface area (Å²) >= 11 is 3.61. The van der Waals surface area contributed by atoms with Crippen molar-refractivity contribution >= 4 is 44.2 Å². The van der Waals surface area contributed by atoms with Crippen molar-refractivity contribution < 1.29 is 9.90 Å².